The Morgan fingerprint density at radius 2 is 1.86 bits per heavy atom. The predicted octanol–water partition coefficient (Wildman–Crippen LogP) is 5.87. The topological polar surface area (TPSA) is 71.7 Å². The molecule has 3 saturated carbocycles. The molecule has 3 rings (SSSR count). The first kappa shape index (κ1) is 24.0. The van der Waals surface area contributed by atoms with Gasteiger partial charge in [-0.25, -0.2) is 0 Å². The van der Waals surface area contributed by atoms with E-state index in [1.165, 1.54) is 25.7 Å². The zero-order chi connectivity index (χ0) is 21.8. The van der Waals surface area contributed by atoms with Gasteiger partial charge in [0, 0.05) is 12.1 Å². The number of Topliss-reactive ketones (excluding diaryl/α,β-unsaturated/α-hetero) is 1. The van der Waals surface area contributed by atoms with Crippen molar-refractivity contribution < 1.29 is 14.4 Å². The number of oxime groups is 1. The molecule has 3 fully saturated rings. The maximum Gasteiger partial charge on any atom is 0.243 e. The van der Waals surface area contributed by atoms with Crippen LogP contribution in [0, 0.1) is 39.9 Å². The Kier molecular flexibility index (Phi) is 8.06. The fraction of sp³-hybridized carbons (Fsp3) is 0.875. The van der Waals surface area contributed by atoms with Gasteiger partial charge in [0.1, 0.15) is 12.4 Å². The van der Waals surface area contributed by atoms with E-state index >= 15 is 0 Å². The largest absolute Gasteiger partial charge is 0.368 e. The summed E-state index contributed by atoms with van der Waals surface area (Å²) >= 11 is 0. The van der Waals surface area contributed by atoms with Crippen LogP contribution in [-0.4, -0.2) is 31.1 Å². The summed E-state index contributed by atoms with van der Waals surface area (Å²) in [5.74, 6) is 2.95. The lowest BCUT2D eigenvalue weighted by molar-refractivity contribution is -0.150. The minimum atomic E-state index is -0.135. The Bertz CT molecular complexity index is 607. The van der Waals surface area contributed by atoms with E-state index < -0.39 is 0 Å². The summed E-state index contributed by atoms with van der Waals surface area (Å²) in [5, 5.41) is 10.9. The monoisotopic (exact) mass is 406 g/mol. The van der Waals surface area contributed by atoms with Crippen LogP contribution in [0.3, 0.4) is 0 Å². The van der Waals surface area contributed by atoms with Crippen molar-refractivity contribution in [1.82, 2.24) is 0 Å². The van der Waals surface area contributed by atoms with Gasteiger partial charge in [-0.2, -0.15) is 0 Å². The normalized spacial score (nSPS) is 41.1. The van der Waals surface area contributed by atoms with E-state index in [9.17, 15) is 4.79 Å². The molecule has 0 amide bonds. The molecule has 0 spiro atoms. The van der Waals surface area contributed by atoms with Gasteiger partial charge in [-0.1, -0.05) is 39.8 Å². The molecule has 166 valence electrons. The number of ketones is 1. The van der Waals surface area contributed by atoms with E-state index in [1.54, 1.807) is 6.92 Å². The van der Waals surface area contributed by atoms with Crippen LogP contribution in [-0.2, 0) is 14.4 Å². The average molecular weight is 407 g/mol. The van der Waals surface area contributed by atoms with Crippen molar-refractivity contribution in [2.24, 2.45) is 39.7 Å². The first-order chi connectivity index (χ1) is 13.7. The highest BCUT2D eigenvalue weighted by Crippen LogP contribution is 2.63. The van der Waals surface area contributed by atoms with Crippen LogP contribution in [0.25, 0.3) is 0 Å². The minimum absolute atomic E-state index is 0.0201. The van der Waals surface area contributed by atoms with Gasteiger partial charge in [0.15, 0.2) is 0 Å². The molecule has 0 aromatic heterocycles. The van der Waals surface area contributed by atoms with Gasteiger partial charge in [0.2, 0.25) is 5.90 Å². The van der Waals surface area contributed by atoms with Crippen LogP contribution >= 0.6 is 0 Å². The molecule has 5 nitrogen and oxygen atoms in total. The quantitative estimate of drug-likeness (QED) is 0.353. The third-order valence-electron chi connectivity index (χ3n) is 8.75. The number of carbonyl (C=O) groups excluding carboxylic acids is 1. The van der Waals surface area contributed by atoms with Gasteiger partial charge < -0.3 is 9.57 Å². The predicted molar refractivity (Wildman–Crippen MR) is 118 cm³/mol. The average Bonchev–Trinajstić information content (AvgIpc) is 2.70. The number of ether oxygens (including phenoxy) is 1. The van der Waals surface area contributed by atoms with Gasteiger partial charge in [0.25, 0.3) is 0 Å². The third-order valence-corrected chi connectivity index (χ3v) is 8.75. The Morgan fingerprint density at radius 3 is 2.48 bits per heavy atom. The van der Waals surface area contributed by atoms with Gasteiger partial charge >= 0.3 is 0 Å². The van der Waals surface area contributed by atoms with Crippen molar-refractivity contribution >= 4 is 18.4 Å². The SMILES string of the molecule is C=NOC(=N)COC1CCC2(C)C(CCC3C(C)C(C)(C(C)=O)CCC32)C1.CC. The van der Waals surface area contributed by atoms with Crippen molar-refractivity contribution in [3.63, 3.8) is 0 Å². The highest BCUT2D eigenvalue weighted by Gasteiger charge is 2.56. The molecule has 0 bridgehead atoms. The molecule has 0 aromatic carbocycles. The van der Waals surface area contributed by atoms with Crippen molar-refractivity contribution in [3.05, 3.63) is 0 Å². The van der Waals surface area contributed by atoms with Crippen LogP contribution in [0.5, 0.6) is 0 Å². The van der Waals surface area contributed by atoms with Crippen molar-refractivity contribution in [2.45, 2.75) is 92.6 Å². The van der Waals surface area contributed by atoms with Crippen molar-refractivity contribution in [3.8, 4) is 0 Å². The highest BCUT2D eigenvalue weighted by atomic mass is 16.6. The molecule has 5 heteroatoms. The van der Waals surface area contributed by atoms with E-state index in [1.807, 2.05) is 13.8 Å². The Morgan fingerprint density at radius 1 is 1.17 bits per heavy atom. The molecule has 7 unspecified atom stereocenters. The van der Waals surface area contributed by atoms with E-state index in [0.29, 0.717) is 29.0 Å². The first-order valence-electron chi connectivity index (χ1n) is 11.6. The van der Waals surface area contributed by atoms with E-state index in [-0.39, 0.29) is 24.0 Å². The molecule has 3 aliphatic rings. The highest BCUT2D eigenvalue weighted by molar-refractivity contribution is 5.82. The molecule has 0 aromatic rings. The Labute approximate surface area is 177 Å². The molecule has 1 N–H and O–H groups in total. The minimum Gasteiger partial charge on any atom is -0.368 e. The standard InChI is InChI=1S/C22H36N2O3.C2H6/c1-14-18-7-6-16-12-17(26-13-20(23)27-24-5)8-10-22(16,4)19(18)9-11-21(14,3)15(2)25;1-2/h14,16-19,23H,5-13H2,1-4H3;1-2H3. The molecular formula is C24H42N2O3. The van der Waals surface area contributed by atoms with Crippen molar-refractivity contribution in [1.29, 1.82) is 5.41 Å². The van der Waals surface area contributed by atoms with Crippen LogP contribution in [0.15, 0.2) is 5.16 Å². The van der Waals surface area contributed by atoms with Gasteiger partial charge in [-0.3, -0.25) is 10.2 Å². The maximum atomic E-state index is 12.3. The second-order valence-electron chi connectivity index (χ2n) is 9.70. The lowest BCUT2D eigenvalue weighted by atomic mass is 9.44. The lowest BCUT2D eigenvalue weighted by Gasteiger charge is -2.60. The molecule has 0 heterocycles. The number of rotatable bonds is 5. The van der Waals surface area contributed by atoms with Crippen LogP contribution < -0.4 is 0 Å². The fourth-order valence-corrected chi connectivity index (χ4v) is 6.64. The van der Waals surface area contributed by atoms with Crippen LogP contribution in [0.2, 0.25) is 0 Å². The van der Waals surface area contributed by atoms with Crippen molar-refractivity contribution in [2.75, 3.05) is 6.61 Å². The number of hydrogen-bond acceptors (Lipinski definition) is 5. The molecular weight excluding hydrogens is 364 g/mol. The number of nitrogens with zero attached hydrogens (tertiary/aromatic N) is 1. The zero-order valence-electron chi connectivity index (χ0n) is 19.4. The van der Waals surface area contributed by atoms with Gasteiger partial charge in [0.05, 0.1) is 6.10 Å². The van der Waals surface area contributed by atoms with Crippen LogP contribution in [0.1, 0.15) is 86.5 Å². The summed E-state index contributed by atoms with van der Waals surface area (Å²) in [6.07, 6.45) is 8.20. The number of nitrogens with one attached hydrogen (secondary N) is 1. The third kappa shape index (κ3) is 4.60. The maximum absolute atomic E-state index is 12.3. The molecule has 7 atom stereocenters. The van der Waals surface area contributed by atoms with E-state index in [4.69, 9.17) is 15.0 Å². The summed E-state index contributed by atoms with van der Waals surface area (Å²) in [7, 11) is 0. The zero-order valence-corrected chi connectivity index (χ0v) is 19.4. The summed E-state index contributed by atoms with van der Waals surface area (Å²) in [4.78, 5) is 17.1. The summed E-state index contributed by atoms with van der Waals surface area (Å²) in [6, 6.07) is 0. The second-order valence-corrected chi connectivity index (χ2v) is 9.70. The molecule has 0 aliphatic heterocycles. The molecule has 3 aliphatic carbocycles. The number of carbonyl (C=O) groups is 1. The van der Waals surface area contributed by atoms with E-state index in [2.05, 4.69) is 32.6 Å². The van der Waals surface area contributed by atoms with Gasteiger partial charge in [-0.15, -0.1) is 0 Å². The fourth-order valence-electron chi connectivity index (χ4n) is 6.64. The summed E-state index contributed by atoms with van der Waals surface area (Å²) < 4.78 is 5.93. The number of hydrogen-bond donors (Lipinski definition) is 1. The van der Waals surface area contributed by atoms with Crippen LogP contribution in [0.4, 0.5) is 0 Å². The molecule has 0 saturated heterocycles. The summed E-state index contributed by atoms with van der Waals surface area (Å²) in [5.41, 5.74) is 0.228. The molecule has 29 heavy (non-hydrogen) atoms. The lowest BCUT2D eigenvalue weighted by Crippen LogP contribution is -2.55. The smallest absolute Gasteiger partial charge is 0.243 e. The first-order valence-corrected chi connectivity index (χ1v) is 11.6. The Hall–Kier alpha value is -1.23. The number of fused-ring (bicyclic) bond motifs is 3. The van der Waals surface area contributed by atoms with Gasteiger partial charge in [-0.05, 0) is 81.0 Å². The summed E-state index contributed by atoms with van der Waals surface area (Å²) in [6.45, 7) is 16.2. The molecule has 0 radical (unpaired) electrons. The second kappa shape index (κ2) is 9.72. The van der Waals surface area contributed by atoms with E-state index in [0.717, 1.165) is 25.2 Å². The Balaban J connectivity index is 0.00000145.